The number of aryl methyl sites for hydroxylation is 1. The fraction of sp³-hybridized carbons (Fsp3) is 0.649. The lowest BCUT2D eigenvalue weighted by molar-refractivity contribution is -0.138. The van der Waals surface area contributed by atoms with E-state index in [9.17, 15) is 31.9 Å². The lowest BCUT2D eigenvalue weighted by atomic mass is 9.72. The summed E-state index contributed by atoms with van der Waals surface area (Å²) in [5.41, 5.74) is 2.39. The van der Waals surface area contributed by atoms with Crippen molar-refractivity contribution in [2.75, 3.05) is 165 Å². The molecule has 4 aliphatic rings. The van der Waals surface area contributed by atoms with E-state index in [1.165, 1.54) is 0 Å². The number of ether oxygens (including phenoxy) is 10. The van der Waals surface area contributed by atoms with E-state index >= 15 is 0 Å². The minimum absolute atomic E-state index is 0.0435. The molecule has 7 rings (SSSR count). The first-order valence-corrected chi connectivity index (χ1v) is 28.7. The Balaban J connectivity index is 0.627. The van der Waals surface area contributed by atoms with Crippen LogP contribution in [0.3, 0.4) is 0 Å². The highest BCUT2D eigenvalue weighted by atomic mass is 35.5. The van der Waals surface area contributed by atoms with Crippen LogP contribution in [0.15, 0.2) is 47.8 Å². The molecule has 2 saturated heterocycles. The zero-order valence-electron chi connectivity index (χ0n) is 47.5. The Morgan fingerprint density at radius 1 is 0.671 bits per heavy atom. The Kier molecular flexibility index (Phi) is 25.9. The molecule has 0 unspecified atom stereocenters. The molecule has 82 heavy (non-hydrogen) atoms. The van der Waals surface area contributed by atoms with Crippen molar-refractivity contribution in [1.82, 2.24) is 34.5 Å². The number of esters is 1. The number of carbonyl (C=O) groups is 3. The molecule has 0 aliphatic carbocycles. The standard InChI is InChI=1S/C57H80ClF4N7O13/c1-56(2,3)82-55(72)67-15-10-57(11-16-67)43-8-12-63-40-48(43)69(54(57)71)41-49-64-46-38-42(58)6-7-47(46)68(49)13-4-5-22-73-24-26-75-28-30-77-32-34-79-36-37-80-35-33-78-31-29-76-27-25-74-23-21-66-19-17-65(18-20-66)14-9-50(70)81-53-51(61)44(59)39-45(60)52(53)62/h6-8,12,38-39,63H,4-5,9-11,13-37,40-41H2,1-3H3. The molecule has 0 atom stereocenters. The number of benzene rings is 2. The molecule has 1 N–H and O–H groups in total. The van der Waals surface area contributed by atoms with Gasteiger partial charge in [-0.25, -0.2) is 18.6 Å². The highest BCUT2D eigenvalue weighted by Gasteiger charge is 2.54. The van der Waals surface area contributed by atoms with Crippen molar-refractivity contribution in [3.63, 3.8) is 0 Å². The van der Waals surface area contributed by atoms with Crippen molar-refractivity contribution >= 4 is 40.6 Å². The van der Waals surface area contributed by atoms with E-state index < -0.39 is 46.0 Å². The number of aromatic nitrogens is 2. The summed E-state index contributed by atoms with van der Waals surface area (Å²) in [5.74, 6) is -8.31. The van der Waals surface area contributed by atoms with Gasteiger partial charge in [-0.15, -0.1) is 0 Å². The number of imidazole rings is 1. The van der Waals surface area contributed by atoms with Crippen molar-refractivity contribution in [3.05, 3.63) is 81.9 Å². The molecule has 2 amide bonds. The lowest BCUT2D eigenvalue weighted by Crippen LogP contribution is -2.49. The first-order chi connectivity index (χ1) is 39.6. The Labute approximate surface area is 482 Å². The molecule has 25 heteroatoms. The molecule has 5 heterocycles. The zero-order chi connectivity index (χ0) is 58.3. The number of hydrogen-bond acceptors (Lipinski definition) is 17. The quantitative estimate of drug-likeness (QED) is 0.0221. The summed E-state index contributed by atoms with van der Waals surface area (Å²) in [5, 5.41) is 3.90. The van der Waals surface area contributed by atoms with Crippen LogP contribution in [0.5, 0.6) is 5.75 Å². The van der Waals surface area contributed by atoms with Gasteiger partial charge >= 0.3 is 12.1 Å². The van der Waals surface area contributed by atoms with E-state index in [1.807, 2.05) is 61.0 Å². The second-order valence-corrected chi connectivity index (χ2v) is 21.6. The summed E-state index contributed by atoms with van der Waals surface area (Å²) in [6, 6.07) is 5.76. The van der Waals surface area contributed by atoms with Crippen LogP contribution in [0.2, 0.25) is 5.02 Å². The van der Waals surface area contributed by atoms with Gasteiger partial charge in [0, 0.05) is 82.3 Å². The van der Waals surface area contributed by atoms with Gasteiger partial charge in [0.1, 0.15) is 11.4 Å². The van der Waals surface area contributed by atoms with Crippen LogP contribution in [0, 0.1) is 28.7 Å². The lowest BCUT2D eigenvalue weighted by Gasteiger charge is -2.39. The fourth-order valence-corrected chi connectivity index (χ4v) is 10.1. The molecule has 2 fully saturated rings. The maximum Gasteiger partial charge on any atom is 0.410 e. The molecule has 0 radical (unpaired) electrons. The molecule has 0 saturated carbocycles. The van der Waals surface area contributed by atoms with Crippen LogP contribution in [-0.4, -0.2) is 217 Å². The van der Waals surface area contributed by atoms with Crippen LogP contribution in [0.4, 0.5) is 22.4 Å². The van der Waals surface area contributed by atoms with Crippen molar-refractivity contribution in [1.29, 1.82) is 0 Å². The molecule has 0 bridgehead atoms. The molecular weight excluding hydrogens is 1100 g/mol. The van der Waals surface area contributed by atoms with Crippen molar-refractivity contribution in [2.24, 2.45) is 5.41 Å². The number of amides is 2. The molecule has 2 aromatic carbocycles. The SMILES string of the molecule is CC(C)(C)OC(=O)N1CCC2(CC1)C(=O)N(Cc1nc3cc(Cl)ccc3n1CCCCOCCOCCOCCOCCOCCOCCOCCOCCN1CCN(CCC(=O)Oc3c(F)c(F)cc(F)c3F)CC1)C1=C2C=CNC1. The zero-order valence-corrected chi connectivity index (χ0v) is 48.2. The third-order valence-corrected chi connectivity index (χ3v) is 14.5. The van der Waals surface area contributed by atoms with Crippen LogP contribution in [0.25, 0.3) is 11.0 Å². The van der Waals surface area contributed by atoms with E-state index in [4.69, 9.17) is 59.2 Å². The average molecular weight is 1180 g/mol. The first kappa shape index (κ1) is 64.6. The predicted octanol–water partition coefficient (Wildman–Crippen LogP) is 6.50. The van der Waals surface area contributed by atoms with Gasteiger partial charge in [0.15, 0.2) is 11.6 Å². The van der Waals surface area contributed by atoms with Gasteiger partial charge in [0.2, 0.25) is 23.3 Å². The van der Waals surface area contributed by atoms with Gasteiger partial charge in [0.25, 0.3) is 0 Å². The number of rotatable bonds is 35. The van der Waals surface area contributed by atoms with E-state index in [2.05, 4.69) is 19.5 Å². The summed E-state index contributed by atoms with van der Waals surface area (Å²) in [7, 11) is 0. The number of halogens is 5. The maximum atomic E-state index is 14.6. The molecule has 1 aromatic heterocycles. The second kappa shape index (κ2) is 32.9. The molecule has 3 aromatic rings. The third-order valence-electron chi connectivity index (χ3n) is 14.3. The molecule has 20 nitrogen and oxygen atoms in total. The normalized spacial score (nSPS) is 16.7. The maximum absolute atomic E-state index is 14.6. The molecule has 456 valence electrons. The fourth-order valence-electron chi connectivity index (χ4n) is 9.98. The Bertz CT molecular complexity index is 2570. The number of fused-ring (bicyclic) bond motifs is 2. The third kappa shape index (κ3) is 19.3. The number of likely N-dealkylation sites (tertiary alicyclic amines) is 1. The highest BCUT2D eigenvalue weighted by molar-refractivity contribution is 6.31. The van der Waals surface area contributed by atoms with Crippen LogP contribution in [0.1, 0.15) is 58.7 Å². The summed E-state index contributed by atoms with van der Waals surface area (Å²) in [6.07, 6.45) is 6.08. The summed E-state index contributed by atoms with van der Waals surface area (Å²) in [4.78, 5) is 52.3. The summed E-state index contributed by atoms with van der Waals surface area (Å²) >= 11 is 6.40. The smallest absolute Gasteiger partial charge is 0.410 e. The number of carbonyl (C=O) groups excluding carboxylic acids is 3. The van der Waals surface area contributed by atoms with Gasteiger partial charge in [0.05, 0.1) is 135 Å². The summed E-state index contributed by atoms with van der Waals surface area (Å²) in [6.45, 7) is 19.1. The number of nitrogens with zero attached hydrogens (tertiary/aromatic N) is 6. The number of unbranched alkanes of at least 4 members (excludes halogenated alkanes) is 1. The molecule has 4 aliphatic heterocycles. The van der Waals surface area contributed by atoms with Crippen molar-refractivity contribution in [3.8, 4) is 5.75 Å². The van der Waals surface area contributed by atoms with Crippen LogP contribution < -0.4 is 10.1 Å². The first-order valence-electron chi connectivity index (χ1n) is 28.3. The molecular formula is C57H80ClF4N7O13. The second-order valence-electron chi connectivity index (χ2n) is 21.1. The van der Waals surface area contributed by atoms with Gasteiger partial charge in [-0.1, -0.05) is 11.6 Å². The van der Waals surface area contributed by atoms with E-state index in [0.29, 0.717) is 169 Å². The Morgan fingerprint density at radius 2 is 1.20 bits per heavy atom. The van der Waals surface area contributed by atoms with E-state index in [0.717, 1.165) is 60.6 Å². The Morgan fingerprint density at radius 3 is 1.74 bits per heavy atom. The van der Waals surface area contributed by atoms with Gasteiger partial charge in [-0.05, 0) is 82.5 Å². The Hall–Kier alpha value is -4.99. The van der Waals surface area contributed by atoms with Gasteiger partial charge in [-0.2, -0.15) is 8.78 Å². The predicted molar refractivity (Wildman–Crippen MR) is 294 cm³/mol. The minimum atomic E-state index is -1.75. The monoisotopic (exact) mass is 1180 g/mol. The number of piperazine rings is 1. The van der Waals surface area contributed by atoms with E-state index in [1.54, 1.807) is 4.90 Å². The minimum Gasteiger partial charge on any atom is -0.444 e. The van der Waals surface area contributed by atoms with Crippen LogP contribution >= 0.6 is 11.6 Å². The summed E-state index contributed by atoms with van der Waals surface area (Å²) < 4.78 is 112. The topological polar surface area (TPSA) is 186 Å². The number of dihydropyridines is 1. The number of allylic oxidation sites excluding steroid dienone is 1. The van der Waals surface area contributed by atoms with Crippen LogP contribution in [-0.2, 0) is 65.3 Å². The van der Waals surface area contributed by atoms with Crippen molar-refractivity contribution in [2.45, 2.75) is 71.6 Å². The number of nitrogens with one attached hydrogen (secondary N) is 1. The largest absolute Gasteiger partial charge is 0.444 e. The molecule has 1 spiro atoms. The van der Waals surface area contributed by atoms with Crippen molar-refractivity contribution < 1.29 is 79.3 Å². The van der Waals surface area contributed by atoms with Gasteiger partial charge in [-0.3, -0.25) is 14.5 Å². The average Bonchev–Trinajstić information content (AvgIpc) is 2.28. The number of hydrogen-bond donors (Lipinski definition) is 1. The van der Waals surface area contributed by atoms with Gasteiger partial charge < -0.3 is 72.0 Å². The number of piperidine rings is 1. The van der Waals surface area contributed by atoms with E-state index in [-0.39, 0.29) is 31.0 Å². The highest BCUT2D eigenvalue weighted by Crippen LogP contribution is 2.49.